The first kappa shape index (κ1) is 8.53. The average Bonchev–Trinajstić information content (AvgIpc) is 2.30. The summed E-state index contributed by atoms with van der Waals surface area (Å²) >= 11 is 1.61. The molecule has 0 aliphatic heterocycles. The normalized spacial score (nSPS) is 10.9. The zero-order chi connectivity index (χ0) is 8.43. The van der Waals surface area contributed by atoms with Crippen LogP contribution in [0.2, 0.25) is 0 Å². The van der Waals surface area contributed by atoms with Gasteiger partial charge in [-0.05, 0) is 12.3 Å². The first-order chi connectivity index (χ1) is 5.15. The first-order valence-corrected chi connectivity index (χ1v) is 4.71. The maximum atomic E-state index is 5.60. The second-order valence-electron chi connectivity index (χ2n) is 2.87. The fourth-order valence-electron chi connectivity index (χ4n) is 1.09. The molecule has 0 saturated heterocycles. The van der Waals surface area contributed by atoms with E-state index >= 15 is 0 Å². The third kappa shape index (κ3) is 1.71. The molecule has 0 bridgehead atoms. The van der Waals surface area contributed by atoms with Crippen LogP contribution >= 0.6 is 11.3 Å². The van der Waals surface area contributed by atoms with Crippen molar-refractivity contribution < 1.29 is 0 Å². The molecule has 0 spiro atoms. The molecular weight excluding hydrogens is 156 g/mol. The molecule has 0 fully saturated rings. The molecule has 0 aliphatic carbocycles. The highest BCUT2D eigenvalue weighted by atomic mass is 32.1. The second kappa shape index (κ2) is 3.22. The van der Waals surface area contributed by atoms with E-state index in [2.05, 4.69) is 25.8 Å². The molecule has 0 aromatic carbocycles. The summed E-state index contributed by atoms with van der Waals surface area (Å²) < 4.78 is 0. The number of aromatic nitrogens is 1. The van der Waals surface area contributed by atoms with Crippen molar-refractivity contribution in [3.8, 4) is 0 Å². The molecule has 1 aromatic rings. The maximum absolute atomic E-state index is 5.60. The highest BCUT2D eigenvalue weighted by Gasteiger charge is 2.10. The van der Waals surface area contributed by atoms with Gasteiger partial charge in [-0.25, -0.2) is 4.98 Å². The fourth-order valence-corrected chi connectivity index (χ4v) is 2.01. The van der Waals surface area contributed by atoms with Gasteiger partial charge >= 0.3 is 0 Å². The average molecular weight is 170 g/mol. The number of hydrogen-bond acceptors (Lipinski definition) is 3. The van der Waals surface area contributed by atoms with Crippen molar-refractivity contribution in [3.63, 3.8) is 0 Å². The summed E-state index contributed by atoms with van der Waals surface area (Å²) in [5.41, 5.74) is 6.78. The Kier molecular flexibility index (Phi) is 2.49. The van der Waals surface area contributed by atoms with Gasteiger partial charge in [-0.3, -0.25) is 0 Å². The van der Waals surface area contributed by atoms with Gasteiger partial charge in [0.25, 0.3) is 0 Å². The van der Waals surface area contributed by atoms with E-state index in [1.807, 2.05) is 0 Å². The van der Waals surface area contributed by atoms with Gasteiger partial charge in [0.05, 0.1) is 5.69 Å². The quantitative estimate of drug-likeness (QED) is 0.740. The van der Waals surface area contributed by atoms with Gasteiger partial charge in [-0.15, -0.1) is 11.3 Å². The molecule has 0 unspecified atom stereocenters. The van der Waals surface area contributed by atoms with Crippen molar-refractivity contribution in [2.24, 2.45) is 0 Å². The number of anilines is 1. The molecule has 3 heteroatoms. The van der Waals surface area contributed by atoms with Crippen molar-refractivity contribution >= 4 is 16.5 Å². The molecule has 0 aliphatic rings. The Bertz CT molecular complexity index is 240. The Morgan fingerprint density at radius 3 is 2.55 bits per heavy atom. The summed E-state index contributed by atoms with van der Waals surface area (Å²) in [6, 6.07) is 0. The molecule has 0 saturated carbocycles. The summed E-state index contributed by atoms with van der Waals surface area (Å²) in [5, 5.41) is 0.700. The molecule has 1 rings (SSSR count). The van der Waals surface area contributed by atoms with E-state index < -0.39 is 0 Å². The minimum absolute atomic E-state index is 0.499. The lowest BCUT2D eigenvalue weighted by molar-refractivity contribution is 0.817. The molecule has 62 valence electrons. The monoisotopic (exact) mass is 170 g/mol. The van der Waals surface area contributed by atoms with Crippen LogP contribution in [0.3, 0.4) is 0 Å². The van der Waals surface area contributed by atoms with Crippen molar-refractivity contribution in [3.05, 3.63) is 10.6 Å². The Balaban J connectivity index is 3.02. The third-order valence-electron chi connectivity index (χ3n) is 1.61. The van der Waals surface area contributed by atoms with Gasteiger partial charge in [0.15, 0.2) is 5.13 Å². The minimum Gasteiger partial charge on any atom is -0.375 e. The van der Waals surface area contributed by atoms with Gasteiger partial charge < -0.3 is 5.73 Å². The van der Waals surface area contributed by atoms with Crippen molar-refractivity contribution in [1.82, 2.24) is 4.98 Å². The van der Waals surface area contributed by atoms with Crippen LogP contribution in [0.15, 0.2) is 0 Å². The van der Waals surface area contributed by atoms with Gasteiger partial charge in [0, 0.05) is 4.88 Å². The Morgan fingerprint density at radius 1 is 1.55 bits per heavy atom. The minimum atomic E-state index is 0.499. The van der Waals surface area contributed by atoms with E-state index in [1.165, 1.54) is 10.6 Å². The van der Waals surface area contributed by atoms with Crippen LogP contribution < -0.4 is 5.73 Å². The van der Waals surface area contributed by atoms with E-state index in [0.29, 0.717) is 11.0 Å². The van der Waals surface area contributed by atoms with Crippen molar-refractivity contribution in [1.29, 1.82) is 0 Å². The van der Waals surface area contributed by atoms with Crippen molar-refractivity contribution in [2.75, 3.05) is 5.73 Å². The van der Waals surface area contributed by atoms with Gasteiger partial charge in [-0.1, -0.05) is 20.8 Å². The number of hydrogen-bond donors (Lipinski definition) is 1. The number of aryl methyl sites for hydroxylation is 1. The molecule has 1 aromatic heterocycles. The van der Waals surface area contributed by atoms with E-state index in [9.17, 15) is 0 Å². The molecule has 1 heterocycles. The topological polar surface area (TPSA) is 38.9 Å². The zero-order valence-electron chi connectivity index (χ0n) is 7.22. The lowest BCUT2D eigenvalue weighted by Crippen LogP contribution is -1.92. The van der Waals surface area contributed by atoms with Crippen LogP contribution in [0.25, 0.3) is 0 Å². The number of thiazole rings is 1. The largest absolute Gasteiger partial charge is 0.375 e. The number of nitrogens with zero attached hydrogens (tertiary/aromatic N) is 1. The van der Waals surface area contributed by atoms with E-state index in [-0.39, 0.29) is 0 Å². The van der Waals surface area contributed by atoms with Crippen LogP contribution in [0.4, 0.5) is 5.13 Å². The number of rotatable bonds is 2. The van der Waals surface area contributed by atoms with Crippen LogP contribution in [0, 0.1) is 0 Å². The van der Waals surface area contributed by atoms with Gasteiger partial charge in [0.2, 0.25) is 0 Å². The second-order valence-corrected chi connectivity index (χ2v) is 3.98. The molecular formula is C8H14N2S. The summed E-state index contributed by atoms with van der Waals surface area (Å²) in [6.07, 6.45) is 1.04. The fraction of sp³-hybridized carbons (Fsp3) is 0.625. The van der Waals surface area contributed by atoms with E-state index in [1.54, 1.807) is 11.3 Å². The maximum Gasteiger partial charge on any atom is 0.180 e. The molecule has 0 amide bonds. The third-order valence-corrected chi connectivity index (χ3v) is 2.66. The molecule has 0 atom stereocenters. The van der Waals surface area contributed by atoms with Crippen LogP contribution in [-0.4, -0.2) is 4.98 Å². The lowest BCUT2D eigenvalue weighted by Gasteiger charge is -2.01. The summed E-state index contributed by atoms with van der Waals surface area (Å²) in [6.45, 7) is 6.43. The van der Waals surface area contributed by atoms with E-state index in [0.717, 1.165) is 6.42 Å². The molecule has 2 N–H and O–H groups in total. The van der Waals surface area contributed by atoms with Gasteiger partial charge in [-0.2, -0.15) is 0 Å². The molecule has 0 radical (unpaired) electrons. The van der Waals surface area contributed by atoms with E-state index in [4.69, 9.17) is 5.73 Å². The highest BCUT2D eigenvalue weighted by Crippen LogP contribution is 2.26. The van der Waals surface area contributed by atoms with Crippen LogP contribution in [0.5, 0.6) is 0 Å². The highest BCUT2D eigenvalue weighted by molar-refractivity contribution is 7.15. The molecule has 11 heavy (non-hydrogen) atoms. The summed E-state index contributed by atoms with van der Waals surface area (Å²) in [5.74, 6) is 0.499. The standard InChI is InChI=1S/C8H14N2S/c1-4-6-7(5(2)3)10-8(9)11-6/h5H,4H2,1-3H3,(H2,9,10). The Hall–Kier alpha value is -0.570. The van der Waals surface area contributed by atoms with Crippen LogP contribution in [0.1, 0.15) is 37.3 Å². The zero-order valence-corrected chi connectivity index (χ0v) is 8.03. The Morgan fingerprint density at radius 2 is 2.18 bits per heavy atom. The number of nitrogens with two attached hydrogens (primary N) is 1. The smallest absolute Gasteiger partial charge is 0.180 e. The molecule has 2 nitrogen and oxygen atoms in total. The lowest BCUT2D eigenvalue weighted by atomic mass is 10.1. The Labute approximate surface area is 71.5 Å². The first-order valence-electron chi connectivity index (χ1n) is 3.90. The van der Waals surface area contributed by atoms with Crippen molar-refractivity contribution in [2.45, 2.75) is 33.1 Å². The summed E-state index contributed by atoms with van der Waals surface area (Å²) in [4.78, 5) is 5.61. The van der Waals surface area contributed by atoms with Crippen LogP contribution in [-0.2, 0) is 6.42 Å². The SMILES string of the molecule is CCc1sc(N)nc1C(C)C. The van der Waals surface area contributed by atoms with Gasteiger partial charge in [0.1, 0.15) is 0 Å². The number of nitrogen functional groups attached to an aromatic ring is 1. The predicted octanol–water partition coefficient (Wildman–Crippen LogP) is 2.41. The predicted molar refractivity (Wildman–Crippen MR) is 50.0 cm³/mol. The summed E-state index contributed by atoms with van der Waals surface area (Å²) in [7, 11) is 0.